The van der Waals surface area contributed by atoms with Gasteiger partial charge in [-0.1, -0.05) is 43.0 Å². The number of carbonyl (C=O) groups excluding carboxylic acids is 1. The molecule has 86 valence electrons. The van der Waals surface area contributed by atoms with Gasteiger partial charge in [-0.2, -0.15) is 0 Å². The molecule has 0 rings (SSSR count). The monoisotopic (exact) mass is 216 g/mol. The zero-order chi connectivity index (χ0) is 12.6. The van der Waals surface area contributed by atoms with Crippen molar-refractivity contribution in [3.8, 4) is 0 Å². The van der Waals surface area contributed by atoms with Crippen molar-refractivity contribution in [3.63, 3.8) is 0 Å². The Bertz CT molecular complexity index is 376. The molecule has 0 aromatic heterocycles. The molecule has 16 heavy (non-hydrogen) atoms. The van der Waals surface area contributed by atoms with Crippen molar-refractivity contribution in [2.24, 2.45) is 0 Å². The average molecular weight is 216 g/mol. The summed E-state index contributed by atoms with van der Waals surface area (Å²) in [6.45, 7) is 11.1. The minimum Gasteiger partial charge on any atom is -0.295 e. The van der Waals surface area contributed by atoms with Gasteiger partial charge in [-0.25, -0.2) is 0 Å². The molecule has 0 amide bonds. The van der Waals surface area contributed by atoms with Crippen molar-refractivity contribution in [1.29, 1.82) is 0 Å². The molecule has 0 atom stereocenters. The van der Waals surface area contributed by atoms with E-state index in [9.17, 15) is 4.79 Å². The van der Waals surface area contributed by atoms with E-state index in [0.717, 1.165) is 16.7 Å². The summed E-state index contributed by atoms with van der Waals surface area (Å²) in [5, 5.41) is 0. The van der Waals surface area contributed by atoms with Gasteiger partial charge >= 0.3 is 0 Å². The van der Waals surface area contributed by atoms with Gasteiger partial charge in [0, 0.05) is 0 Å². The Morgan fingerprint density at radius 3 is 2.00 bits per heavy atom. The number of hydrogen-bond donors (Lipinski definition) is 0. The molecule has 0 aliphatic rings. The molecule has 0 N–H and O–H groups in total. The Labute approximate surface area is 98.6 Å². The molecule has 0 radical (unpaired) electrons. The predicted molar refractivity (Wildman–Crippen MR) is 71.3 cm³/mol. The average Bonchev–Trinajstić information content (AvgIpc) is 2.26. The number of ketones is 1. The highest BCUT2D eigenvalue weighted by molar-refractivity contribution is 5.92. The van der Waals surface area contributed by atoms with E-state index in [-0.39, 0.29) is 5.78 Å². The molecular weight excluding hydrogens is 196 g/mol. The van der Waals surface area contributed by atoms with Crippen LogP contribution in [-0.4, -0.2) is 5.78 Å². The first-order valence-corrected chi connectivity index (χ1v) is 5.34. The fourth-order valence-electron chi connectivity index (χ4n) is 1.02. The minimum atomic E-state index is 0.0987. The first-order chi connectivity index (χ1) is 7.52. The third-order valence-corrected chi connectivity index (χ3v) is 2.28. The summed E-state index contributed by atoms with van der Waals surface area (Å²) in [6.07, 6.45) is 11.5. The molecule has 0 bridgehead atoms. The van der Waals surface area contributed by atoms with Gasteiger partial charge in [0.1, 0.15) is 0 Å². The normalized spacial score (nSPS) is 14.4. The quantitative estimate of drug-likeness (QED) is 0.498. The molecule has 0 spiro atoms. The van der Waals surface area contributed by atoms with E-state index in [1.54, 1.807) is 6.92 Å². The van der Waals surface area contributed by atoms with Gasteiger partial charge in [-0.15, -0.1) is 0 Å². The first kappa shape index (κ1) is 14.4. The van der Waals surface area contributed by atoms with Crippen LogP contribution < -0.4 is 0 Å². The summed E-state index contributed by atoms with van der Waals surface area (Å²) in [7, 11) is 0. The number of Topliss-reactive ketones (excluding diaryl/α,β-unsaturated/α-hetero) is 1. The second-order valence-corrected chi connectivity index (χ2v) is 3.61. The lowest BCUT2D eigenvalue weighted by Crippen LogP contribution is -1.90. The van der Waals surface area contributed by atoms with Crippen molar-refractivity contribution in [2.75, 3.05) is 0 Å². The topological polar surface area (TPSA) is 17.1 Å². The molecule has 0 aliphatic heterocycles. The Morgan fingerprint density at radius 2 is 1.56 bits per heavy atom. The zero-order valence-electron chi connectivity index (χ0n) is 10.6. The van der Waals surface area contributed by atoms with Crippen LogP contribution in [0.25, 0.3) is 0 Å². The molecule has 0 aromatic carbocycles. The van der Waals surface area contributed by atoms with E-state index in [0.29, 0.717) is 0 Å². The largest absolute Gasteiger partial charge is 0.295 e. The van der Waals surface area contributed by atoms with Crippen molar-refractivity contribution in [2.45, 2.75) is 27.7 Å². The molecule has 0 saturated heterocycles. The van der Waals surface area contributed by atoms with Crippen LogP contribution in [0.1, 0.15) is 27.7 Å². The van der Waals surface area contributed by atoms with Crippen LogP contribution >= 0.6 is 0 Å². The highest BCUT2D eigenvalue weighted by atomic mass is 16.1. The van der Waals surface area contributed by atoms with Gasteiger partial charge in [-0.3, -0.25) is 4.79 Å². The molecule has 0 aromatic rings. The van der Waals surface area contributed by atoms with Crippen molar-refractivity contribution >= 4 is 5.78 Å². The smallest absolute Gasteiger partial charge is 0.155 e. The zero-order valence-corrected chi connectivity index (χ0v) is 10.6. The summed E-state index contributed by atoms with van der Waals surface area (Å²) >= 11 is 0. The van der Waals surface area contributed by atoms with E-state index in [1.807, 2.05) is 57.2 Å². The van der Waals surface area contributed by atoms with E-state index in [1.165, 1.54) is 0 Å². The van der Waals surface area contributed by atoms with Gasteiger partial charge in [0.2, 0.25) is 0 Å². The standard InChI is InChI=1S/C15H20O/c1-6-8-9-15(7-2)13(4)11-10-12(3)14(5)16/h6-11H,2H2,1,3-5H3/b8-6-,12-10+,13-11+,15-9+. The van der Waals surface area contributed by atoms with Crippen LogP contribution in [0.15, 0.2) is 59.8 Å². The number of allylic oxidation sites excluding steroid dienone is 9. The summed E-state index contributed by atoms with van der Waals surface area (Å²) < 4.78 is 0. The number of rotatable bonds is 5. The highest BCUT2D eigenvalue weighted by Crippen LogP contribution is 2.11. The minimum absolute atomic E-state index is 0.0987. The number of carbonyl (C=O) groups is 1. The number of hydrogen-bond acceptors (Lipinski definition) is 1. The van der Waals surface area contributed by atoms with Crippen molar-refractivity contribution in [1.82, 2.24) is 0 Å². The second-order valence-electron chi connectivity index (χ2n) is 3.61. The van der Waals surface area contributed by atoms with Crippen molar-refractivity contribution < 1.29 is 4.79 Å². The maximum absolute atomic E-state index is 11.0. The Kier molecular flexibility index (Phi) is 6.86. The van der Waals surface area contributed by atoms with E-state index in [2.05, 4.69) is 6.58 Å². The van der Waals surface area contributed by atoms with Crippen LogP contribution in [0.5, 0.6) is 0 Å². The Hall–Kier alpha value is -1.63. The van der Waals surface area contributed by atoms with Crippen LogP contribution in [0, 0.1) is 0 Å². The summed E-state index contributed by atoms with van der Waals surface area (Å²) in [5.41, 5.74) is 2.91. The van der Waals surface area contributed by atoms with Crippen LogP contribution in [0.3, 0.4) is 0 Å². The third kappa shape index (κ3) is 5.30. The maximum Gasteiger partial charge on any atom is 0.155 e. The second kappa shape index (κ2) is 7.63. The van der Waals surface area contributed by atoms with Gasteiger partial charge in [0.15, 0.2) is 5.78 Å². The Morgan fingerprint density at radius 1 is 1.00 bits per heavy atom. The first-order valence-electron chi connectivity index (χ1n) is 5.34. The van der Waals surface area contributed by atoms with Crippen LogP contribution in [-0.2, 0) is 4.79 Å². The Balaban J connectivity index is 4.96. The van der Waals surface area contributed by atoms with Crippen LogP contribution in [0.2, 0.25) is 0 Å². The lowest BCUT2D eigenvalue weighted by atomic mass is 10.1. The summed E-state index contributed by atoms with van der Waals surface area (Å²) in [4.78, 5) is 11.0. The summed E-state index contributed by atoms with van der Waals surface area (Å²) in [6, 6.07) is 0. The fourth-order valence-corrected chi connectivity index (χ4v) is 1.02. The maximum atomic E-state index is 11.0. The highest BCUT2D eigenvalue weighted by Gasteiger charge is 1.95. The van der Waals surface area contributed by atoms with Crippen LogP contribution in [0.4, 0.5) is 0 Å². The van der Waals surface area contributed by atoms with Gasteiger partial charge < -0.3 is 0 Å². The molecule has 1 nitrogen and oxygen atoms in total. The predicted octanol–water partition coefficient (Wildman–Crippen LogP) is 4.16. The lowest BCUT2D eigenvalue weighted by molar-refractivity contribution is -0.113. The van der Waals surface area contributed by atoms with E-state index in [4.69, 9.17) is 0 Å². The molecule has 0 aliphatic carbocycles. The molecule has 0 heterocycles. The fraction of sp³-hybridized carbons (Fsp3) is 0.267. The SMILES string of the molecule is C=CC(=C\C=C/C)/C(C)=C/C=C(\C)C(C)=O. The molecule has 0 fully saturated rings. The molecule has 0 unspecified atom stereocenters. The lowest BCUT2D eigenvalue weighted by Gasteiger charge is -2.00. The van der Waals surface area contributed by atoms with Crippen molar-refractivity contribution in [3.05, 3.63) is 59.8 Å². The van der Waals surface area contributed by atoms with E-state index >= 15 is 0 Å². The van der Waals surface area contributed by atoms with E-state index < -0.39 is 0 Å². The summed E-state index contributed by atoms with van der Waals surface area (Å²) in [5.74, 6) is 0.0987. The van der Waals surface area contributed by atoms with Gasteiger partial charge in [0.25, 0.3) is 0 Å². The molecule has 1 heteroatoms. The third-order valence-electron chi connectivity index (χ3n) is 2.28. The van der Waals surface area contributed by atoms with Gasteiger partial charge in [0.05, 0.1) is 0 Å². The molecule has 0 saturated carbocycles. The van der Waals surface area contributed by atoms with Gasteiger partial charge in [-0.05, 0) is 44.4 Å². The molecular formula is C15H20O.